The highest BCUT2D eigenvalue weighted by molar-refractivity contribution is 5.94. The third kappa shape index (κ3) is 3.56. The molecule has 7 heteroatoms. The van der Waals surface area contributed by atoms with Crippen LogP contribution in [0.3, 0.4) is 0 Å². The zero-order chi connectivity index (χ0) is 22.4. The number of ether oxygens (including phenoxy) is 2. The van der Waals surface area contributed by atoms with Gasteiger partial charge in [0.25, 0.3) is 5.91 Å². The Bertz CT molecular complexity index is 1360. The van der Waals surface area contributed by atoms with Gasteiger partial charge in [0.05, 0.1) is 11.2 Å². The third-order valence-electron chi connectivity index (χ3n) is 5.54. The van der Waals surface area contributed by atoms with Gasteiger partial charge in [0.15, 0.2) is 17.3 Å². The number of anilines is 1. The molecule has 1 unspecified atom stereocenters. The van der Waals surface area contributed by atoms with Crippen molar-refractivity contribution in [2.24, 2.45) is 0 Å². The monoisotopic (exact) mass is 428 g/mol. The molecule has 1 N–H and O–H groups in total. The fraction of sp³-hybridized carbons (Fsp3) is 0.240. The molecule has 2 aromatic heterocycles. The Morgan fingerprint density at radius 1 is 1.03 bits per heavy atom. The second kappa shape index (κ2) is 7.67. The van der Waals surface area contributed by atoms with Gasteiger partial charge in [-0.15, -0.1) is 0 Å². The van der Waals surface area contributed by atoms with Gasteiger partial charge in [0.2, 0.25) is 6.10 Å². The summed E-state index contributed by atoms with van der Waals surface area (Å²) in [6.45, 7) is 8.22. The summed E-state index contributed by atoms with van der Waals surface area (Å²) >= 11 is 0. The lowest BCUT2D eigenvalue weighted by Gasteiger charge is -2.25. The summed E-state index contributed by atoms with van der Waals surface area (Å²) in [5, 5.41) is 8.63. The van der Waals surface area contributed by atoms with Crippen molar-refractivity contribution in [3.63, 3.8) is 0 Å². The number of rotatable bonds is 3. The van der Waals surface area contributed by atoms with E-state index >= 15 is 0 Å². The first-order valence-corrected chi connectivity index (χ1v) is 10.5. The van der Waals surface area contributed by atoms with Gasteiger partial charge in [-0.2, -0.15) is 9.78 Å². The number of aryl methyl sites for hydroxylation is 4. The second-order valence-electron chi connectivity index (χ2n) is 8.21. The van der Waals surface area contributed by atoms with Gasteiger partial charge in [0.1, 0.15) is 12.4 Å². The number of aromatic nitrogens is 3. The number of para-hydroxylation sites is 2. The van der Waals surface area contributed by atoms with Crippen molar-refractivity contribution in [2.45, 2.75) is 33.8 Å². The predicted octanol–water partition coefficient (Wildman–Crippen LogP) is 4.43. The van der Waals surface area contributed by atoms with E-state index < -0.39 is 6.10 Å². The molecule has 0 fully saturated rings. The number of hydrogen-bond acceptors (Lipinski definition) is 5. The highest BCUT2D eigenvalue weighted by Crippen LogP contribution is 2.31. The number of nitrogens with one attached hydrogen (secondary N) is 1. The highest BCUT2D eigenvalue weighted by atomic mass is 16.6. The van der Waals surface area contributed by atoms with E-state index in [1.807, 2.05) is 37.3 Å². The van der Waals surface area contributed by atoms with Gasteiger partial charge in [-0.1, -0.05) is 23.8 Å². The van der Waals surface area contributed by atoms with Crippen LogP contribution in [0.25, 0.3) is 16.7 Å². The molecule has 2 aromatic carbocycles. The average Bonchev–Trinajstić information content (AvgIpc) is 3.14. The number of fused-ring (bicyclic) bond motifs is 2. The summed E-state index contributed by atoms with van der Waals surface area (Å²) < 4.78 is 13.2. The van der Waals surface area contributed by atoms with Crippen LogP contribution in [0.15, 0.2) is 48.5 Å². The Kier molecular flexibility index (Phi) is 4.81. The smallest absolute Gasteiger partial charge is 0.270 e. The molecule has 7 nitrogen and oxygen atoms in total. The van der Waals surface area contributed by atoms with Crippen LogP contribution in [0.2, 0.25) is 0 Å². The number of amides is 1. The number of benzene rings is 2. The maximum Gasteiger partial charge on any atom is 0.270 e. The highest BCUT2D eigenvalue weighted by Gasteiger charge is 2.28. The minimum absolute atomic E-state index is 0.141. The van der Waals surface area contributed by atoms with Crippen LogP contribution in [-0.4, -0.2) is 33.4 Å². The molecule has 1 aliphatic rings. The van der Waals surface area contributed by atoms with Crippen molar-refractivity contribution in [3.8, 4) is 17.3 Å². The molecule has 0 aliphatic carbocycles. The van der Waals surface area contributed by atoms with Crippen LogP contribution >= 0.6 is 0 Å². The largest absolute Gasteiger partial charge is 0.485 e. The first kappa shape index (κ1) is 20.1. The topological polar surface area (TPSA) is 78.3 Å². The molecule has 1 aliphatic heterocycles. The molecule has 1 amide bonds. The zero-order valence-electron chi connectivity index (χ0n) is 18.5. The van der Waals surface area contributed by atoms with E-state index in [-0.39, 0.29) is 12.5 Å². The summed E-state index contributed by atoms with van der Waals surface area (Å²) in [5.74, 6) is 2.08. The van der Waals surface area contributed by atoms with Crippen molar-refractivity contribution in [2.75, 3.05) is 11.9 Å². The minimum Gasteiger partial charge on any atom is -0.485 e. The van der Waals surface area contributed by atoms with Crippen molar-refractivity contribution in [3.05, 3.63) is 70.9 Å². The van der Waals surface area contributed by atoms with Gasteiger partial charge in [-0.25, -0.2) is 4.98 Å². The Hall–Kier alpha value is -3.87. The quantitative estimate of drug-likeness (QED) is 0.522. The van der Waals surface area contributed by atoms with Gasteiger partial charge in [-0.3, -0.25) is 4.79 Å². The number of carbonyl (C=O) groups is 1. The van der Waals surface area contributed by atoms with Crippen LogP contribution in [0.5, 0.6) is 11.5 Å². The van der Waals surface area contributed by atoms with Crippen LogP contribution in [0, 0.1) is 27.7 Å². The molecule has 4 aromatic rings. The third-order valence-corrected chi connectivity index (χ3v) is 5.54. The van der Waals surface area contributed by atoms with E-state index in [0.29, 0.717) is 23.1 Å². The van der Waals surface area contributed by atoms with Crippen molar-refractivity contribution >= 4 is 22.6 Å². The molecule has 162 valence electrons. The van der Waals surface area contributed by atoms with Crippen LogP contribution in [-0.2, 0) is 4.79 Å². The Labute approximate surface area is 186 Å². The summed E-state index contributed by atoms with van der Waals surface area (Å²) in [4.78, 5) is 17.8. The average molecular weight is 428 g/mol. The first-order valence-electron chi connectivity index (χ1n) is 10.5. The molecule has 5 rings (SSSR count). The maximum absolute atomic E-state index is 13.0. The zero-order valence-corrected chi connectivity index (χ0v) is 18.5. The lowest BCUT2D eigenvalue weighted by molar-refractivity contribution is -0.125. The standard InChI is InChI=1S/C25H24N4O3/c1-14-9-16(3)24-18(10-14)15(2)11-22(26-24)29-23(12-17(4)28-29)27-25(30)21-13-31-19-7-5-6-8-20(19)32-21/h5-12,21H,13H2,1-4H3,(H,27,30). The summed E-state index contributed by atoms with van der Waals surface area (Å²) in [6.07, 6.45) is -0.759. The Morgan fingerprint density at radius 3 is 2.62 bits per heavy atom. The number of hydrogen-bond donors (Lipinski definition) is 1. The summed E-state index contributed by atoms with van der Waals surface area (Å²) in [6, 6.07) is 15.4. The molecule has 0 saturated carbocycles. The van der Waals surface area contributed by atoms with Gasteiger partial charge >= 0.3 is 0 Å². The molecule has 1 atom stereocenters. The normalized spacial score (nSPS) is 15.1. The summed E-state index contributed by atoms with van der Waals surface area (Å²) in [5.41, 5.74) is 5.10. The van der Waals surface area contributed by atoms with E-state index in [4.69, 9.17) is 14.5 Å². The van der Waals surface area contributed by atoms with Crippen molar-refractivity contribution in [1.29, 1.82) is 0 Å². The van der Waals surface area contributed by atoms with E-state index in [2.05, 4.69) is 43.3 Å². The van der Waals surface area contributed by atoms with Gasteiger partial charge in [-0.05, 0) is 63.1 Å². The van der Waals surface area contributed by atoms with Crippen molar-refractivity contribution < 1.29 is 14.3 Å². The van der Waals surface area contributed by atoms with Crippen molar-refractivity contribution in [1.82, 2.24) is 14.8 Å². The number of pyridine rings is 1. The van der Waals surface area contributed by atoms with E-state index in [9.17, 15) is 4.79 Å². The van der Waals surface area contributed by atoms with E-state index in [1.54, 1.807) is 10.7 Å². The minimum atomic E-state index is -0.759. The van der Waals surface area contributed by atoms with Crippen LogP contribution in [0.4, 0.5) is 5.82 Å². The maximum atomic E-state index is 13.0. The SMILES string of the molecule is Cc1cc(C)c2nc(-n3nc(C)cc3NC(=O)C3COc4ccccc4O3)cc(C)c2c1. The fourth-order valence-electron chi connectivity index (χ4n) is 4.05. The lowest BCUT2D eigenvalue weighted by atomic mass is 10.0. The Morgan fingerprint density at radius 2 is 1.81 bits per heavy atom. The molecular weight excluding hydrogens is 404 g/mol. The predicted molar refractivity (Wildman–Crippen MR) is 123 cm³/mol. The molecule has 32 heavy (non-hydrogen) atoms. The molecule has 0 radical (unpaired) electrons. The molecule has 0 saturated heterocycles. The first-order chi connectivity index (χ1) is 15.4. The molecule has 0 spiro atoms. The number of carbonyl (C=O) groups excluding carboxylic acids is 1. The Balaban J connectivity index is 1.47. The van der Waals surface area contributed by atoms with Gasteiger partial charge in [0, 0.05) is 11.5 Å². The van der Waals surface area contributed by atoms with Gasteiger partial charge < -0.3 is 14.8 Å². The van der Waals surface area contributed by atoms with Crippen LogP contribution in [0.1, 0.15) is 22.4 Å². The lowest BCUT2D eigenvalue weighted by Crippen LogP contribution is -2.40. The number of nitrogens with zero attached hydrogens (tertiary/aromatic N) is 3. The molecule has 0 bridgehead atoms. The fourth-order valence-corrected chi connectivity index (χ4v) is 4.05. The van der Waals surface area contributed by atoms with E-state index in [1.165, 1.54) is 5.56 Å². The van der Waals surface area contributed by atoms with E-state index in [0.717, 1.165) is 27.7 Å². The summed E-state index contributed by atoms with van der Waals surface area (Å²) in [7, 11) is 0. The second-order valence-corrected chi connectivity index (χ2v) is 8.21. The molecule has 3 heterocycles. The molecular formula is C25H24N4O3. The van der Waals surface area contributed by atoms with Crippen LogP contribution < -0.4 is 14.8 Å².